The van der Waals surface area contributed by atoms with Crippen molar-refractivity contribution in [1.82, 2.24) is 10.4 Å². The van der Waals surface area contributed by atoms with E-state index >= 15 is 0 Å². The van der Waals surface area contributed by atoms with Crippen molar-refractivity contribution in [2.24, 2.45) is 0 Å². The molecule has 1 aliphatic heterocycles. The van der Waals surface area contributed by atoms with Crippen molar-refractivity contribution in [1.29, 1.82) is 0 Å². The predicted molar refractivity (Wildman–Crippen MR) is 79.8 cm³/mol. The number of nitrogens with one attached hydrogen (secondary N) is 1. The lowest BCUT2D eigenvalue weighted by atomic mass is 10.1. The summed E-state index contributed by atoms with van der Waals surface area (Å²) in [6.07, 6.45) is 0. The Hall–Kier alpha value is -1.62. The zero-order chi connectivity index (χ0) is 13.6. The Morgan fingerprint density at radius 1 is 1.05 bits per heavy atom. The molecule has 1 N–H and O–H groups in total. The van der Waals surface area contributed by atoms with Crippen LogP contribution in [0.25, 0.3) is 10.8 Å². The van der Waals surface area contributed by atoms with Gasteiger partial charge in [0.2, 0.25) is 0 Å². The molecule has 3 rings (SSSR count). The van der Waals surface area contributed by atoms with Crippen LogP contribution in [0.5, 0.6) is 5.75 Å². The normalized spacial score (nSPS) is 16.4. The first-order valence-electron chi connectivity index (χ1n) is 7.10. The molecular weight excluding hydrogens is 252 g/mol. The molecule has 106 valence electrons. The largest absolute Gasteiger partial charge is 0.409 e. The Kier molecular flexibility index (Phi) is 4.48. The second-order valence-electron chi connectivity index (χ2n) is 4.96. The van der Waals surface area contributed by atoms with Crippen LogP contribution in [0, 0.1) is 0 Å². The van der Waals surface area contributed by atoms with Crippen LogP contribution in [0.4, 0.5) is 0 Å². The Balaban J connectivity index is 1.47. The van der Waals surface area contributed by atoms with E-state index in [2.05, 4.69) is 34.6 Å². The zero-order valence-electron chi connectivity index (χ0n) is 11.5. The van der Waals surface area contributed by atoms with Crippen LogP contribution in [0.1, 0.15) is 0 Å². The van der Waals surface area contributed by atoms with Gasteiger partial charge in [-0.15, -0.1) is 0 Å². The molecule has 4 nitrogen and oxygen atoms in total. The first-order valence-corrected chi connectivity index (χ1v) is 7.10. The number of rotatable bonds is 5. The van der Waals surface area contributed by atoms with Crippen molar-refractivity contribution in [3.63, 3.8) is 0 Å². The fourth-order valence-corrected chi connectivity index (χ4v) is 2.39. The number of hydrogen-bond donors (Lipinski definition) is 1. The molecule has 0 saturated carbocycles. The van der Waals surface area contributed by atoms with Crippen molar-refractivity contribution in [3.05, 3.63) is 42.5 Å². The van der Waals surface area contributed by atoms with E-state index in [0.29, 0.717) is 0 Å². The summed E-state index contributed by atoms with van der Waals surface area (Å²) < 4.78 is 5.32. The lowest BCUT2D eigenvalue weighted by Gasteiger charge is -2.26. The number of ether oxygens (including phenoxy) is 1. The topological polar surface area (TPSA) is 33.7 Å². The van der Waals surface area contributed by atoms with E-state index in [1.54, 1.807) is 0 Å². The van der Waals surface area contributed by atoms with E-state index in [0.717, 1.165) is 45.1 Å². The SMILES string of the molecule is c1ccc2cc(ONCCN3CCOCC3)ccc2c1. The average Bonchev–Trinajstić information content (AvgIpc) is 2.52. The summed E-state index contributed by atoms with van der Waals surface area (Å²) in [7, 11) is 0. The van der Waals surface area contributed by atoms with Crippen LogP contribution in [-0.2, 0) is 4.74 Å². The van der Waals surface area contributed by atoms with Crippen LogP contribution in [0.15, 0.2) is 42.5 Å². The highest BCUT2D eigenvalue weighted by Gasteiger charge is 2.09. The molecule has 1 saturated heterocycles. The molecule has 0 unspecified atom stereocenters. The fourth-order valence-electron chi connectivity index (χ4n) is 2.39. The zero-order valence-corrected chi connectivity index (χ0v) is 11.5. The minimum Gasteiger partial charge on any atom is -0.409 e. The molecule has 0 aromatic heterocycles. The third-order valence-electron chi connectivity index (χ3n) is 3.54. The molecule has 1 heterocycles. The molecule has 0 bridgehead atoms. The fraction of sp³-hybridized carbons (Fsp3) is 0.375. The van der Waals surface area contributed by atoms with Gasteiger partial charge in [0.15, 0.2) is 0 Å². The molecule has 4 heteroatoms. The highest BCUT2D eigenvalue weighted by molar-refractivity contribution is 5.83. The van der Waals surface area contributed by atoms with Gasteiger partial charge in [0.1, 0.15) is 5.75 Å². The van der Waals surface area contributed by atoms with Crippen LogP contribution >= 0.6 is 0 Å². The number of morpholine rings is 1. The molecule has 0 amide bonds. The van der Waals surface area contributed by atoms with Crippen molar-refractivity contribution in [2.45, 2.75) is 0 Å². The monoisotopic (exact) mass is 272 g/mol. The molecule has 2 aromatic carbocycles. The van der Waals surface area contributed by atoms with Gasteiger partial charge in [-0.05, 0) is 22.9 Å². The summed E-state index contributed by atoms with van der Waals surface area (Å²) >= 11 is 0. The minimum atomic E-state index is 0.812. The number of benzene rings is 2. The summed E-state index contributed by atoms with van der Waals surface area (Å²) in [6.45, 7) is 5.50. The van der Waals surface area contributed by atoms with E-state index in [4.69, 9.17) is 9.57 Å². The van der Waals surface area contributed by atoms with Gasteiger partial charge in [0, 0.05) is 26.2 Å². The van der Waals surface area contributed by atoms with E-state index in [-0.39, 0.29) is 0 Å². The van der Waals surface area contributed by atoms with Gasteiger partial charge in [-0.3, -0.25) is 4.90 Å². The Bertz CT molecular complexity index is 553. The van der Waals surface area contributed by atoms with E-state index < -0.39 is 0 Å². The molecule has 0 radical (unpaired) electrons. The van der Waals surface area contributed by atoms with E-state index in [9.17, 15) is 0 Å². The van der Waals surface area contributed by atoms with Gasteiger partial charge in [-0.25, -0.2) is 0 Å². The van der Waals surface area contributed by atoms with Gasteiger partial charge in [-0.2, -0.15) is 5.48 Å². The lowest BCUT2D eigenvalue weighted by Crippen LogP contribution is -2.40. The number of nitrogens with zero attached hydrogens (tertiary/aromatic N) is 1. The van der Waals surface area contributed by atoms with E-state index in [1.807, 2.05) is 18.2 Å². The second kappa shape index (κ2) is 6.70. The van der Waals surface area contributed by atoms with Gasteiger partial charge in [0.05, 0.1) is 13.2 Å². The first-order chi connectivity index (χ1) is 9.92. The Labute approximate surface area is 119 Å². The third kappa shape index (κ3) is 3.48. The van der Waals surface area contributed by atoms with Crippen molar-refractivity contribution >= 4 is 10.8 Å². The molecule has 0 aliphatic carbocycles. The molecule has 0 atom stereocenters. The number of fused-ring (bicyclic) bond motifs is 1. The molecule has 1 fully saturated rings. The van der Waals surface area contributed by atoms with Gasteiger partial charge in [-0.1, -0.05) is 30.3 Å². The smallest absolute Gasteiger partial charge is 0.147 e. The molecular formula is C16H20N2O2. The molecule has 0 spiro atoms. The van der Waals surface area contributed by atoms with Crippen LogP contribution in [0.2, 0.25) is 0 Å². The van der Waals surface area contributed by atoms with Crippen LogP contribution in [0.3, 0.4) is 0 Å². The second-order valence-corrected chi connectivity index (χ2v) is 4.96. The summed E-state index contributed by atoms with van der Waals surface area (Å²) in [4.78, 5) is 7.97. The van der Waals surface area contributed by atoms with E-state index in [1.165, 1.54) is 10.8 Å². The quantitative estimate of drug-likeness (QED) is 0.667. The summed E-state index contributed by atoms with van der Waals surface area (Å²) in [5.41, 5.74) is 3.03. The van der Waals surface area contributed by atoms with Crippen LogP contribution < -0.4 is 10.3 Å². The van der Waals surface area contributed by atoms with Crippen molar-refractivity contribution < 1.29 is 9.57 Å². The summed E-state index contributed by atoms with van der Waals surface area (Å²) in [5.74, 6) is 0.852. The molecule has 20 heavy (non-hydrogen) atoms. The van der Waals surface area contributed by atoms with Gasteiger partial charge >= 0.3 is 0 Å². The highest BCUT2D eigenvalue weighted by atomic mass is 16.6. The lowest BCUT2D eigenvalue weighted by molar-refractivity contribution is 0.0342. The Morgan fingerprint density at radius 2 is 1.85 bits per heavy atom. The third-order valence-corrected chi connectivity index (χ3v) is 3.54. The summed E-state index contributed by atoms with van der Waals surface area (Å²) in [6, 6.07) is 14.4. The maximum absolute atomic E-state index is 5.60. The first kappa shape index (κ1) is 13.4. The molecule has 1 aliphatic rings. The minimum absolute atomic E-state index is 0.812. The number of hydrogen-bond acceptors (Lipinski definition) is 4. The average molecular weight is 272 g/mol. The number of hydroxylamine groups is 1. The predicted octanol–water partition coefficient (Wildman–Crippen LogP) is 2.06. The van der Waals surface area contributed by atoms with Gasteiger partial charge in [0.25, 0.3) is 0 Å². The van der Waals surface area contributed by atoms with Crippen molar-refractivity contribution in [3.8, 4) is 5.75 Å². The van der Waals surface area contributed by atoms with Crippen molar-refractivity contribution in [2.75, 3.05) is 39.4 Å². The standard InChI is InChI=1S/C16H20N2O2/c1-2-4-15-13-16(6-5-14(15)3-1)20-17-7-8-18-9-11-19-12-10-18/h1-6,13,17H,7-12H2. The summed E-state index contributed by atoms with van der Waals surface area (Å²) in [5, 5.41) is 2.42. The Morgan fingerprint density at radius 3 is 2.70 bits per heavy atom. The highest BCUT2D eigenvalue weighted by Crippen LogP contribution is 2.19. The van der Waals surface area contributed by atoms with Crippen LogP contribution in [-0.4, -0.2) is 44.3 Å². The van der Waals surface area contributed by atoms with Gasteiger partial charge < -0.3 is 9.57 Å². The maximum atomic E-state index is 5.60. The molecule has 2 aromatic rings. The maximum Gasteiger partial charge on any atom is 0.147 e.